The number of benzene rings is 1. The number of H-pyrrole nitrogens is 1. The molecule has 2 aromatic rings. The van der Waals surface area contributed by atoms with Gasteiger partial charge in [0.1, 0.15) is 5.75 Å². The number of amides is 1. The Hall–Kier alpha value is -2.23. The van der Waals surface area contributed by atoms with Gasteiger partial charge in [0.05, 0.1) is 7.11 Å². The molecule has 1 amide bonds. The van der Waals surface area contributed by atoms with Crippen molar-refractivity contribution in [3.05, 3.63) is 30.1 Å². The number of rotatable bonds is 6. The van der Waals surface area contributed by atoms with Gasteiger partial charge >= 0.3 is 6.18 Å². The van der Waals surface area contributed by atoms with Crippen LogP contribution in [0.25, 0.3) is 0 Å². The first-order chi connectivity index (χ1) is 10.9. The van der Waals surface area contributed by atoms with Gasteiger partial charge in [-0.15, -0.1) is 16.9 Å². The number of halogens is 3. The summed E-state index contributed by atoms with van der Waals surface area (Å²) in [5.41, 5.74) is 0. The number of methoxy groups -OCH3 is 1. The van der Waals surface area contributed by atoms with Crippen LogP contribution in [0.5, 0.6) is 5.75 Å². The number of nitrogens with one attached hydrogen (secondary N) is 2. The van der Waals surface area contributed by atoms with Gasteiger partial charge in [-0.1, -0.05) is 0 Å². The summed E-state index contributed by atoms with van der Waals surface area (Å²) in [5, 5.41) is 7.24. The van der Waals surface area contributed by atoms with Crippen LogP contribution in [0, 0.1) is 0 Å². The van der Waals surface area contributed by atoms with E-state index in [0.29, 0.717) is 5.75 Å². The van der Waals surface area contributed by atoms with Crippen LogP contribution in [-0.4, -0.2) is 34.0 Å². The monoisotopic (exact) mass is 346 g/mol. The molecule has 0 saturated heterocycles. The topological polar surface area (TPSA) is 79.9 Å². The summed E-state index contributed by atoms with van der Waals surface area (Å²) in [6.07, 6.45) is -4.51. The lowest BCUT2D eigenvalue weighted by Crippen LogP contribution is -2.13. The lowest BCUT2D eigenvalue weighted by Gasteiger charge is -2.03. The van der Waals surface area contributed by atoms with E-state index in [4.69, 9.17) is 4.74 Å². The zero-order valence-corrected chi connectivity index (χ0v) is 12.8. The zero-order valence-electron chi connectivity index (χ0n) is 12.0. The number of aromatic nitrogens is 3. The van der Waals surface area contributed by atoms with Gasteiger partial charge in [-0.3, -0.25) is 15.2 Å². The smallest absolute Gasteiger partial charge is 0.451 e. The van der Waals surface area contributed by atoms with Gasteiger partial charge in [0.2, 0.25) is 17.7 Å². The van der Waals surface area contributed by atoms with Crippen molar-refractivity contribution in [2.45, 2.75) is 17.5 Å². The third-order valence-electron chi connectivity index (χ3n) is 2.66. The molecule has 0 spiro atoms. The van der Waals surface area contributed by atoms with Gasteiger partial charge in [-0.05, 0) is 24.3 Å². The van der Waals surface area contributed by atoms with Crippen molar-refractivity contribution in [3.8, 4) is 5.75 Å². The third kappa shape index (κ3) is 5.16. The van der Waals surface area contributed by atoms with Crippen molar-refractivity contribution in [1.29, 1.82) is 0 Å². The average Bonchev–Trinajstić information content (AvgIpc) is 2.96. The number of nitrogens with zero attached hydrogens (tertiary/aromatic N) is 2. The molecule has 0 bridgehead atoms. The maximum absolute atomic E-state index is 12.3. The second-order valence-corrected chi connectivity index (χ2v) is 5.50. The minimum absolute atomic E-state index is 0.118. The third-order valence-corrected chi connectivity index (χ3v) is 3.68. The maximum Gasteiger partial charge on any atom is 0.451 e. The molecule has 1 aromatic heterocycles. The van der Waals surface area contributed by atoms with Crippen molar-refractivity contribution in [1.82, 2.24) is 15.2 Å². The predicted molar refractivity (Wildman–Crippen MR) is 78.3 cm³/mol. The van der Waals surface area contributed by atoms with Crippen LogP contribution >= 0.6 is 11.8 Å². The van der Waals surface area contributed by atoms with Crippen LogP contribution in [0.3, 0.4) is 0 Å². The van der Waals surface area contributed by atoms with Gasteiger partial charge in [-0.25, -0.2) is 0 Å². The van der Waals surface area contributed by atoms with Crippen molar-refractivity contribution in [2.24, 2.45) is 0 Å². The molecule has 0 aliphatic rings. The first kappa shape index (κ1) is 17.1. The van der Waals surface area contributed by atoms with E-state index in [2.05, 4.69) is 15.4 Å². The van der Waals surface area contributed by atoms with Crippen LogP contribution in [0.15, 0.2) is 29.2 Å². The Bertz CT molecular complexity index is 658. The van der Waals surface area contributed by atoms with Gasteiger partial charge in [-0.2, -0.15) is 18.2 Å². The summed E-state index contributed by atoms with van der Waals surface area (Å²) < 4.78 is 42.0. The molecule has 1 aromatic carbocycles. The van der Waals surface area contributed by atoms with Crippen molar-refractivity contribution < 1.29 is 22.7 Å². The number of aromatic amines is 1. The molecule has 0 unspecified atom stereocenters. The Morgan fingerprint density at radius 2 is 2.04 bits per heavy atom. The summed E-state index contributed by atoms with van der Waals surface area (Å²) >= 11 is 1.44. The number of alkyl halides is 3. The Morgan fingerprint density at radius 3 is 2.61 bits per heavy atom. The van der Waals surface area contributed by atoms with E-state index in [1.165, 1.54) is 11.8 Å². The first-order valence-corrected chi connectivity index (χ1v) is 7.43. The Balaban J connectivity index is 1.77. The zero-order chi connectivity index (χ0) is 16.9. The molecule has 2 rings (SSSR count). The number of thioether (sulfide) groups is 1. The van der Waals surface area contributed by atoms with Crippen molar-refractivity contribution >= 4 is 23.6 Å². The number of carbonyl (C=O) groups excluding carboxylic acids is 1. The largest absolute Gasteiger partial charge is 0.497 e. The molecule has 2 N–H and O–H groups in total. The van der Waals surface area contributed by atoms with E-state index >= 15 is 0 Å². The van der Waals surface area contributed by atoms with E-state index in [-0.39, 0.29) is 6.42 Å². The van der Waals surface area contributed by atoms with E-state index in [9.17, 15) is 18.0 Å². The lowest BCUT2D eigenvalue weighted by molar-refractivity contribution is -0.144. The molecule has 1 heterocycles. The summed E-state index contributed by atoms with van der Waals surface area (Å²) in [4.78, 5) is 15.8. The molecular weight excluding hydrogens is 333 g/mol. The Morgan fingerprint density at radius 1 is 1.35 bits per heavy atom. The standard InChI is InChI=1S/C13H13F3N4O2S/c1-22-8-2-4-9(5-3-8)23-7-6-10(21)17-12-18-11(19-20-12)13(14,15)16/h2-5H,6-7H2,1H3,(H2,17,18,19,20,21). The number of hydrogen-bond acceptors (Lipinski definition) is 5. The van der Waals surface area contributed by atoms with Crippen molar-refractivity contribution in [3.63, 3.8) is 0 Å². The molecule has 0 aliphatic carbocycles. The van der Waals surface area contributed by atoms with Gasteiger partial charge in [0.15, 0.2) is 0 Å². The van der Waals surface area contributed by atoms with Gasteiger partial charge < -0.3 is 4.74 Å². The summed E-state index contributed by atoms with van der Waals surface area (Å²) in [6, 6.07) is 7.31. The van der Waals surface area contributed by atoms with Crippen LogP contribution in [0.2, 0.25) is 0 Å². The van der Waals surface area contributed by atoms with Crippen LogP contribution in [-0.2, 0) is 11.0 Å². The minimum Gasteiger partial charge on any atom is -0.497 e. The molecule has 6 nitrogen and oxygen atoms in total. The Kier molecular flexibility index (Phi) is 5.48. The fourth-order valence-electron chi connectivity index (χ4n) is 1.57. The highest BCUT2D eigenvalue weighted by atomic mass is 32.2. The average molecular weight is 346 g/mol. The fourth-order valence-corrected chi connectivity index (χ4v) is 2.42. The quantitative estimate of drug-likeness (QED) is 0.786. The molecular formula is C13H13F3N4O2S. The summed E-state index contributed by atoms with van der Waals surface area (Å²) in [5.74, 6) is -0.901. The summed E-state index contributed by atoms with van der Waals surface area (Å²) in [6.45, 7) is 0. The molecule has 0 saturated carbocycles. The predicted octanol–water partition coefficient (Wildman–Crippen LogP) is 2.95. The van der Waals surface area contributed by atoms with E-state index in [1.54, 1.807) is 24.3 Å². The van der Waals surface area contributed by atoms with Crippen LogP contribution in [0.4, 0.5) is 19.1 Å². The highest BCUT2D eigenvalue weighted by molar-refractivity contribution is 7.99. The number of carbonyl (C=O) groups is 1. The van der Waals surface area contributed by atoms with Gasteiger partial charge in [0.25, 0.3) is 0 Å². The van der Waals surface area contributed by atoms with Gasteiger partial charge in [0, 0.05) is 17.1 Å². The first-order valence-electron chi connectivity index (χ1n) is 6.45. The lowest BCUT2D eigenvalue weighted by atomic mass is 10.3. The van der Waals surface area contributed by atoms with Crippen LogP contribution in [0.1, 0.15) is 12.2 Å². The normalized spacial score (nSPS) is 11.3. The second-order valence-electron chi connectivity index (χ2n) is 4.33. The number of ether oxygens (including phenoxy) is 1. The molecule has 23 heavy (non-hydrogen) atoms. The molecule has 0 atom stereocenters. The maximum atomic E-state index is 12.3. The highest BCUT2D eigenvalue weighted by Gasteiger charge is 2.35. The summed E-state index contributed by atoms with van der Waals surface area (Å²) in [7, 11) is 1.57. The SMILES string of the molecule is COc1ccc(SCCC(=O)Nc2n[nH]c(C(F)(F)F)n2)cc1. The van der Waals surface area contributed by atoms with Crippen LogP contribution < -0.4 is 10.1 Å². The highest BCUT2D eigenvalue weighted by Crippen LogP contribution is 2.26. The molecule has 10 heteroatoms. The Labute approximate surface area is 133 Å². The van der Waals surface area contributed by atoms with E-state index < -0.39 is 23.9 Å². The number of anilines is 1. The molecule has 0 radical (unpaired) electrons. The van der Waals surface area contributed by atoms with E-state index in [1.807, 2.05) is 12.1 Å². The molecule has 0 fully saturated rings. The number of hydrogen-bond donors (Lipinski definition) is 2. The van der Waals surface area contributed by atoms with E-state index in [0.717, 1.165) is 10.6 Å². The fraction of sp³-hybridized carbons (Fsp3) is 0.308. The minimum atomic E-state index is -4.62. The van der Waals surface area contributed by atoms with Crippen molar-refractivity contribution in [2.75, 3.05) is 18.2 Å². The molecule has 0 aliphatic heterocycles. The molecule has 124 valence electrons. The second kappa shape index (κ2) is 7.36.